The van der Waals surface area contributed by atoms with Gasteiger partial charge in [-0.25, -0.2) is 0 Å². The van der Waals surface area contributed by atoms with Crippen LogP contribution in [0.15, 0.2) is 18.2 Å². The van der Waals surface area contributed by atoms with Gasteiger partial charge in [-0.1, -0.05) is 24.6 Å². The molecule has 0 aromatic heterocycles. The molecule has 2 atom stereocenters. The van der Waals surface area contributed by atoms with Crippen LogP contribution in [0.3, 0.4) is 0 Å². The van der Waals surface area contributed by atoms with E-state index in [0.29, 0.717) is 0 Å². The number of nitrogens with zero attached hydrogens (tertiary/aromatic N) is 1. The van der Waals surface area contributed by atoms with Gasteiger partial charge in [0.2, 0.25) is 0 Å². The number of likely N-dealkylation sites (tertiary alicyclic amines) is 1. The van der Waals surface area contributed by atoms with E-state index in [-0.39, 0.29) is 18.0 Å². The topological polar surface area (TPSA) is 60.8 Å². The Labute approximate surface area is 139 Å². The summed E-state index contributed by atoms with van der Waals surface area (Å²) in [7, 11) is 0. The van der Waals surface area contributed by atoms with Crippen LogP contribution < -0.4 is 0 Å². The van der Waals surface area contributed by atoms with Crippen LogP contribution in [0.4, 0.5) is 0 Å². The monoisotopic (exact) mass is 319 g/mol. The zero-order valence-electron chi connectivity index (χ0n) is 14.3. The van der Waals surface area contributed by atoms with Crippen LogP contribution in [-0.2, 0) is 11.3 Å². The van der Waals surface area contributed by atoms with Crippen molar-refractivity contribution in [3.8, 4) is 0 Å². The predicted octanol–water partition coefficient (Wildman–Crippen LogP) is 3.13. The van der Waals surface area contributed by atoms with Gasteiger partial charge in [-0.15, -0.1) is 0 Å². The van der Waals surface area contributed by atoms with Crippen LogP contribution in [0.5, 0.6) is 0 Å². The largest absolute Gasteiger partial charge is 0.483 e. The molecule has 0 bridgehead atoms. The number of hydrogen-bond acceptors (Lipinski definition) is 3. The molecule has 1 aromatic rings. The van der Waals surface area contributed by atoms with Gasteiger partial charge in [0, 0.05) is 18.5 Å². The second-order valence-corrected chi connectivity index (χ2v) is 7.06. The van der Waals surface area contributed by atoms with Crippen molar-refractivity contribution in [1.29, 1.82) is 0 Å². The van der Waals surface area contributed by atoms with Gasteiger partial charge >= 0.3 is 0 Å². The normalized spacial score (nSPS) is 27.5. The summed E-state index contributed by atoms with van der Waals surface area (Å²) in [6.07, 6.45) is 5.83. The summed E-state index contributed by atoms with van der Waals surface area (Å²) in [5.74, 6) is 0. The number of rotatable bonds is 2. The number of aliphatic hydroxyl groups excluding tert-OH is 1. The molecule has 2 aliphatic rings. The number of aryl methyl sites for hydroxylation is 2. The van der Waals surface area contributed by atoms with Gasteiger partial charge in [-0.2, -0.15) is 0 Å². The van der Waals surface area contributed by atoms with Crippen molar-refractivity contribution in [3.63, 3.8) is 0 Å². The third-order valence-electron chi connectivity index (χ3n) is 5.57. The Morgan fingerprint density at radius 3 is 2.43 bits per heavy atom. The van der Waals surface area contributed by atoms with Crippen molar-refractivity contribution >= 4 is 6.47 Å². The van der Waals surface area contributed by atoms with Crippen molar-refractivity contribution < 1.29 is 15.0 Å². The Hall–Kier alpha value is -1.39. The van der Waals surface area contributed by atoms with E-state index >= 15 is 0 Å². The summed E-state index contributed by atoms with van der Waals surface area (Å²) in [6.45, 7) is 7.50. The predicted molar refractivity (Wildman–Crippen MR) is 91.4 cm³/mol. The molecule has 1 spiro atoms. The summed E-state index contributed by atoms with van der Waals surface area (Å²) in [4.78, 5) is 10.9. The molecule has 128 valence electrons. The SMILES string of the molecule is Cc1cccc(C)c1CN1CCC[C@]2(CCC[C@H]2O)C1.O=CO. The van der Waals surface area contributed by atoms with E-state index in [1.54, 1.807) is 0 Å². The zero-order chi connectivity index (χ0) is 16.9. The van der Waals surface area contributed by atoms with Crippen LogP contribution in [0.1, 0.15) is 48.8 Å². The fraction of sp³-hybridized carbons (Fsp3) is 0.632. The van der Waals surface area contributed by atoms with Gasteiger partial charge in [0.05, 0.1) is 6.10 Å². The van der Waals surface area contributed by atoms with Crippen LogP contribution >= 0.6 is 0 Å². The van der Waals surface area contributed by atoms with E-state index in [4.69, 9.17) is 9.90 Å². The number of hydrogen-bond donors (Lipinski definition) is 2. The van der Waals surface area contributed by atoms with Gasteiger partial charge in [-0.05, 0) is 62.8 Å². The fourth-order valence-electron chi connectivity index (χ4n) is 4.31. The third-order valence-corrected chi connectivity index (χ3v) is 5.57. The van der Waals surface area contributed by atoms with Crippen molar-refractivity contribution in [2.24, 2.45) is 5.41 Å². The summed E-state index contributed by atoms with van der Waals surface area (Å²) >= 11 is 0. The number of benzene rings is 1. The van der Waals surface area contributed by atoms with Crippen LogP contribution in [0, 0.1) is 19.3 Å². The van der Waals surface area contributed by atoms with E-state index in [2.05, 4.69) is 36.9 Å². The summed E-state index contributed by atoms with van der Waals surface area (Å²) in [5, 5.41) is 17.3. The second-order valence-electron chi connectivity index (χ2n) is 7.06. The van der Waals surface area contributed by atoms with Crippen LogP contribution in [-0.4, -0.2) is 40.8 Å². The van der Waals surface area contributed by atoms with Gasteiger partial charge in [0.15, 0.2) is 0 Å². The lowest BCUT2D eigenvalue weighted by atomic mass is 9.76. The number of carboxylic acid groups (broad SMARTS) is 1. The molecule has 1 heterocycles. The number of piperidine rings is 1. The van der Waals surface area contributed by atoms with Gasteiger partial charge in [0.1, 0.15) is 0 Å². The summed E-state index contributed by atoms with van der Waals surface area (Å²) in [6, 6.07) is 6.57. The minimum absolute atomic E-state index is 0.0664. The van der Waals surface area contributed by atoms with E-state index in [1.165, 1.54) is 48.9 Å². The first kappa shape index (κ1) is 18.0. The molecule has 1 aromatic carbocycles. The van der Waals surface area contributed by atoms with Gasteiger partial charge in [0.25, 0.3) is 6.47 Å². The standard InChI is InChI=1S/C18H27NO.CH2O2/c1-14-6-3-7-15(2)16(14)12-19-11-5-10-18(13-19)9-4-8-17(18)20;2-1-3/h3,6-7,17,20H,4-5,8-13H2,1-2H3;1H,(H,2,3)/t17-,18-;/m1./s1. The van der Waals surface area contributed by atoms with Crippen molar-refractivity contribution in [3.05, 3.63) is 34.9 Å². The Morgan fingerprint density at radius 1 is 1.26 bits per heavy atom. The molecular formula is C19H29NO3. The maximum Gasteiger partial charge on any atom is 0.290 e. The number of carbonyl (C=O) groups is 1. The molecule has 2 fully saturated rings. The lowest BCUT2D eigenvalue weighted by Gasteiger charge is -2.43. The molecular weight excluding hydrogens is 290 g/mol. The lowest BCUT2D eigenvalue weighted by molar-refractivity contribution is -0.122. The minimum atomic E-state index is -0.250. The first-order chi connectivity index (χ1) is 11.0. The molecule has 4 nitrogen and oxygen atoms in total. The minimum Gasteiger partial charge on any atom is -0.483 e. The molecule has 3 rings (SSSR count). The van der Waals surface area contributed by atoms with E-state index in [1.807, 2.05) is 0 Å². The molecule has 23 heavy (non-hydrogen) atoms. The molecule has 4 heteroatoms. The van der Waals surface area contributed by atoms with Gasteiger partial charge < -0.3 is 10.2 Å². The molecule has 1 aliphatic carbocycles. The first-order valence-corrected chi connectivity index (χ1v) is 8.56. The van der Waals surface area contributed by atoms with Crippen molar-refractivity contribution in [2.45, 2.75) is 58.6 Å². The van der Waals surface area contributed by atoms with E-state index in [9.17, 15) is 5.11 Å². The highest BCUT2D eigenvalue weighted by molar-refractivity contribution is 5.33. The highest BCUT2D eigenvalue weighted by Gasteiger charge is 2.44. The van der Waals surface area contributed by atoms with E-state index in [0.717, 1.165) is 19.5 Å². The smallest absolute Gasteiger partial charge is 0.290 e. The highest BCUT2D eigenvalue weighted by atomic mass is 16.3. The number of aliphatic hydroxyl groups is 1. The summed E-state index contributed by atoms with van der Waals surface area (Å²) < 4.78 is 0. The lowest BCUT2D eigenvalue weighted by Crippen LogP contribution is -2.46. The third kappa shape index (κ3) is 4.12. The van der Waals surface area contributed by atoms with Crippen molar-refractivity contribution in [1.82, 2.24) is 4.90 Å². The van der Waals surface area contributed by atoms with Gasteiger partial charge in [-0.3, -0.25) is 9.69 Å². The average Bonchev–Trinajstić information content (AvgIpc) is 2.85. The molecule has 2 N–H and O–H groups in total. The first-order valence-electron chi connectivity index (χ1n) is 8.56. The Bertz CT molecular complexity index is 511. The molecule has 1 aliphatic heterocycles. The molecule has 1 saturated heterocycles. The second kappa shape index (κ2) is 7.93. The van der Waals surface area contributed by atoms with Crippen LogP contribution in [0.2, 0.25) is 0 Å². The quantitative estimate of drug-likeness (QED) is 0.822. The highest BCUT2D eigenvalue weighted by Crippen LogP contribution is 2.45. The molecule has 0 unspecified atom stereocenters. The maximum atomic E-state index is 10.4. The molecule has 1 saturated carbocycles. The summed E-state index contributed by atoms with van der Waals surface area (Å²) in [5.41, 5.74) is 4.49. The Kier molecular flexibility index (Phi) is 6.19. The fourth-order valence-corrected chi connectivity index (χ4v) is 4.31. The van der Waals surface area contributed by atoms with Crippen LogP contribution in [0.25, 0.3) is 0 Å². The molecule has 0 radical (unpaired) electrons. The molecule has 0 amide bonds. The zero-order valence-corrected chi connectivity index (χ0v) is 14.3. The Morgan fingerprint density at radius 2 is 1.87 bits per heavy atom. The Balaban J connectivity index is 0.000000595. The average molecular weight is 319 g/mol. The maximum absolute atomic E-state index is 10.4. The van der Waals surface area contributed by atoms with E-state index < -0.39 is 0 Å². The van der Waals surface area contributed by atoms with Crippen molar-refractivity contribution in [2.75, 3.05) is 13.1 Å².